The van der Waals surface area contributed by atoms with Gasteiger partial charge < -0.3 is 5.11 Å². The zero-order chi connectivity index (χ0) is 9.80. The molecule has 0 bridgehead atoms. The molecule has 0 aliphatic carbocycles. The summed E-state index contributed by atoms with van der Waals surface area (Å²) in [4.78, 5) is 5.08. The summed E-state index contributed by atoms with van der Waals surface area (Å²) in [5.41, 5.74) is 0.806. The largest absolute Gasteiger partial charge is 0.508 e. The number of aromatic nitrogens is 3. The van der Waals surface area contributed by atoms with E-state index in [1.54, 1.807) is 24.4 Å². The van der Waals surface area contributed by atoms with Crippen LogP contribution in [0.5, 0.6) is 5.75 Å². The summed E-state index contributed by atoms with van der Waals surface area (Å²) in [6, 6.07) is 6.80. The Kier molecular flexibility index (Phi) is 2.22. The Labute approximate surface area is 80.3 Å². The Morgan fingerprint density at radius 1 is 1.43 bits per heavy atom. The molecule has 5 heteroatoms. The van der Waals surface area contributed by atoms with Crippen molar-refractivity contribution in [3.8, 4) is 5.75 Å². The van der Waals surface area contributed by atoms with Crippen LogP contribution in [0.1, 0.15) is 5.56 Å². The second kappa shape index (κ2) is 3.69. The highest BCUT2D eigenvalue weighted by Gasteiger charge is 1.90. The molecule has 0 radical (unpaired) electrons. The van der Waals surface area contributed by atoms with E-state index in [0.29, 0.717) is 0 Å². The van der Waals surface area contributed by atoms with Gasteiger partial charge in [-0.2, -0.15) is 5.10 Å². The molecule has 0 amide bonds. The number of hydrogen-bond donors (Lipinski definition) is 1. The van der Waals surface area contributed by atoms with Crippen molar-refractivity contribution in [2.75, 3.05) is 0 Å². The van der Waals surface area contributed by atoms with Gasteiger partial charge in [0.2, 0.25) is 0 Å². The monoisotopic (exact) mass is 188 g/mol. The van der Waals surface area contributed by atoms with E-state index in [9.17, 15) is 5.11 Å². The molecule has 1 N–H and O–H groups in total. The van der Waals surface area contributed by atoms with Gasteiger partial charge >= 0.3 is 0 Å². The van der Waals surface area contributed by atoms with Crippen molar-refractivity contribution < 1.29 is 5.11 Å². The molecule has 2 rings (SSSR count). The predicted molar refractivity (Wildman–Crippen MR) is 51.1 cm³/mol. The van der Waals surface area contributed by atoms with Crippen LogP contribution in [0, 0.1) is 0 Å². The van der Waals surface area contributed by atoms with Gasteiger partial charge in [-0.05, 0) is 17.7 Å². The maximum Gasteiger partial charge on any atom is 0.139 e. The standard InChI is InChI=1S/C9H8N4O/c14-9-3-1-2-8(4-9)5-11-13-7-10-6-12-13/h1-7,14H. The van der Waals surface area contributed by atoms with Crippen molar-refractivity contribution >= 4 is 6.21 Å². The quantitative estimate of drug-likeness (QED) is 0.711. The zero-order valence-electron chi connectivity index (χ0n) is 7.28. The maximum absolute atomic E-state index is 9.17. The Morgan fingerprint density at radius 3 is 3.07 bits per heavy atom. The highest BCUT2D eigenvalue weighted by Crippen LogP contribution is 2.08. The van der Waals surface area contributed by atoms with Crippen molar-refractivity contribution in [3.05, 3.63) is 42.5 Å². The lowest BCUT2D eigenvalue weighted by Gasteiger charge is -1.93. The minimum absolute atomic E-state index is 0.215. The van der Waals surface area contributed by atoms with Crippen LogP contribution in [0.25, 0.3) is 0 Å². The minimum Gasteiger partial charge on any atom is -0.508 e. The summed E-state index contributed by atoms with van der Waals surface area (Å²) < 4.78 is 0. The van der Waals surface area contributed by atoms with Crippen molar-refractivity contribution in [1.82, 2.24) is 14.9 Å². The fourth-order valence-electron chi connectivity index (χ4n) is 0.993. The van der Waals surface area contributed by atoms with E-state index in [1.165, 1.54) is 17.4 Å². The van der Waals surface area contributed by atoms with Gasteiger partial charge in [-0.3, -0.25) is 0 Å². The summed E-state index contributed by atoms with van der Waals surface area (Å²) in [6.07, 6.45) is 4.48. The van der Waals surface area contributed by atoms with Gasteiger partial charge in [0.1, 0.15) is 18.4 Å². The number of benzene rings is 1. The first-order valence-corrected chi connectivity index (χ1v) is 4.02. The van der Waals surface area contributed by atoms with E-state index in [2.05, 4.69) is 15.2 Å². The molecular weight excluding hydrogens is 180 g/mol. The van der Waals surface area contributed by atoms with Gasteiger partial charge in [0.25, 0.3) is 0 Å². The SMILES string of the molecule is Oc1cccc(C=Nn2cncn2)c1. The fraction of sp³-hybridized carbons (Fsp3) is 0. The van der Waals surface area contributed by atoms with E-state index < -0.39 is 0 Å². The van der Waals surface area contributed by atoms with Gasteiger partial charge in [0.05, 0.1) is 6.21 Å². The zero-order valence-corrected chi connectivity index (χ0v) is 7.28. The van der Waals surface area contributed by atoms with Crippen molar-refractivity contribution in [2.24, 2.45) is 5.10 Å². The first-order chi connectivity index (χ1) is 6.84. The second-order valence-electron chi connectivity index (χ2n) is 2.66. The van der Waals surface area contributed by atoms with E-state index in [-0.39, 0.29) is 5.75 Å². The summed E-state index contributed by atoms with van der Waals surface area (Å²) >= 11 is 0. The highest BCUT2D eigenvalue weighted by atomic mass is 16.3. The number of nitrogens with zero attached hydrogens (tertiary/aromatic N) is 4. The molecule has 70 valence electrons. The molecule has 14 heavy (non-hydrogen) atoms. The molecule has 0 atom stereocenters. The van der Waals surface area contributed by atoms with Crippen molar-refractivity contribution in [1.29, 1.82) is 0 Å². The first-order valence-electron chi connectivity index (χ1n) is 4.02. The Hall–Kier alpha value is -2.17. The lowest BCUT2D eigenvalue weighted by molar-refractivity contribution is 0.475. The van der Waals surface area contributed by atoms with Crippen LogP contribution in [0.4, 0.5) is 0 Å². The van der Waals surface area contributed by atoms with Gasteiger partial charge in [-0.1, -0.05) is 12.1 Å². The Morgan fingerprint density at radius 2 is 2.36 bits per heavy atom. The number of phenols is 1. The lowest BCUT2D eigenvalue weighted by Crippen LogP contribution is -1.90. The van der Waals surface area contributed by atoms with Crippen LogP contribution in [-0.4, -0.2) is 26.2 Å². The van der Waals surface area contributed by atoms with E-state index in [1.807, 2.05) is 6.07 Å². The van der Waals surface area contributed by atoms with Gasteiger partial charge in [-0.15, -0.1) is 9.89 Å². The Balaban J connectivity index is 2.18. The first kappa shape index (κ1) is 8.43. The molecule has 0 saturated heterocycles. The average molecular weight is 188 g/mol. The molecule has 5 nitrogen and oxygen atoms in total. The highest BCUT2D eigenvalue weighted by molar-refractivity contribution is 5.79. The maximum atomic E-state index is 9.17. The molecule has 0 aliphatic rings. The second-order valence-corrected chi connectivity index (χ2v) is 2.66. The Bertz CT molecular complexity index is 436. The number of phenolic OH excluding ortho intramolecular Hbond substituents is 1. The summed E-state index contributed by atoms with van der Waals surface area (Å²) in [7, 11) is 0. The molecule has 0 spiro atoms. The third-order valence-corrected chi connectivity index (χ3v) is 1.60. The van der Waals surface area contributed by atoms with Crippen LogP contribution < -0.4 is 0 Å². The van der Waals surface area contributed by atoms with Gasteiger partial charge in [0.15, 0.2) is 0 Å². The number of aromatic hydroxyl groups is 1. The summed E-state index contributed by atoms with van der Waals surface area (Å²) in [6.45, 7) is 0. The smallest absolute Gasteiger partial charge is 0.139 e. The molecule has 0 unspecified atom stereocenters. The van der Waals surface area contributed by atoms with E-state index in [0.717, 1.165) is 5.56 Å². The van der Waals surface area contributed by atoms with Crippen LogP contribution in [0.15, 0.2) is 42.0 Å². The molecule has 2 aromatic rings. The summed E-state index contributed by atoms with van der Waals surface area (Å²) in [5, 5.41) is 17.0. The van der Waals surface area contributed by atoms with Gasteiger partial charge in [-0.25, -0.2) is 4.98 Å². The molecule has 1 aromatic carbocycles. The number of hydrogen-bond acceptors (Lipinski definition) is 4. The normalized spacial score (nSPS) is 10.9. The number of rotatable bonds is 2. The molecule has 0 saturated carbocycles. The molecule has 1 aromatic heterocycles. The molecule has 0 fully saturated rings. The van der Waals surface area contributed by atoms with E-state index in [4.69, 9.17) is 0 Å². The lowest BCUT2D eigenvalue weighted by atomic mass is 10.2. The van der Waals surface area contributed by atoms with Crippen molar-refractivity contribution in [3.63, 3.8) is 0 Å². The average Bonchev–Trinajstić information content (AvgIpc) is 2.67. The summed E-state index contributed by atoms with van der Waals surface area (Å²) in [5.74, 6) is 0.215. The van der Waals surface area contributed by atoms with Crippen LogP contribution in [0.3, 0.4) is 0 Å². The fourth-order valence-corrected chi connectivity index (χ4v) is 0.993. The topological polar surface area (TPSA) is 63.3 Å². The molecular formula is C9H8N4O. The molecule has 1 heterocycles. The van der Waals surface area contributed by atoms with Crippen molar-refractivity contribution in [2.45, 2.75) is 0 Å². The molecule has 0 aliphatic heterocycles. The van der Waals surface area contributed by atoms with E-state index >= 15 is 0 Å². The van der Waals surface area contributed by atoms with Crippen LogP contribution in [0.2, 0.25) is 0 Å². The minimum atomic E-state index is 0.215. The predicted octanol–water partition coefficient (Wildman–Crippen LogP) is 0.866. The van der Waals surface area contributed by atoms with Crippen LogP contribution in [-0.2, 0) is 0 Å². The van der Waals surface area contributed by atoms with Gasteiger partial charge in [0, 0.05) is 0 Å². The third-order valence-electron chi connectivity index (χ3n) is 1.60. The third kappa shape index (κ3) is 1.95. The van der Waals surface area contributed by atoms with Crippen LogP contribution >= 0.6 is 0 Å².